The van der Waals surface area contributed by atoms with Gasteiger partial charge in [-0.1, -0.05) is 72.8 Å². The van der Waals surface area contributed by atoms with Gasteiger partial charge < -0.3 is 10.2 Å². The quantitative estimate of drug-likeness (QED) is 0.434. The van der Waals surface area contributed by atoms with E-state index in [1.165, 1.54) is 4.90 Å². The Kier molecular flexibility index (Phi) is 6.81. The van der Waals surface area contributed by atoms with E-state index in [2.05, 4.69) is 47.0 Å². The summed E-state index contributed by atoms with van der Waals surface area (Å²) in [7, 11) is 3.42. The monoisotopic (exact) mass is 437 g/mol. The second-order valence-corrected chi connectivity index (χ2v) is 8.12. The second kappa shape index (κ2) is 10.1. The lowest BCUT2D eigenvalue weighted by Gasteiger charge is -2.21. The van der Waals surface area contributed by atoms with Gasteiger partial charge in [0.2, 0.25) is 5.91 Å². The van der Waals surface area contributed by atoms with Gasteiger partial charge in [0.25, 0.3) is 5.91 Å². The molecule has 0 aliphatic heterocycles. The minimum Gasteiger partial charge on any atom is -0.345 e. The minimum absolute atomic E-state index is 0.0738. The van der Waals surface area contributed by atoms with E-state index >= 15 is 0 Å². The first-order valence-electron chi connectivity index (χ1n) is 10.9. The van der Waals surface area contributed by atoms with Gasteiger partial charge in [0.15, 0.2) is 0 Å². The summed E-state index contributed by atoms with van der Waals surface area (Å²) in [4.78, 5) is 26.3. The lowest BCUT2D eigenvalue weighted by atomic mass is 9.93. The molecule has 166 valence electrons. The van der Waals surface area contributed by atoms with Crippen molar-refractivity contribution in [2.24, 2.45) is 0 Å². The summed E-state index contributed by atoms with van der Waals surface area (Å²) in [6.45, 7) is 0.140. The Balaban J connectivity index is 1.51. The molecule has 0 radical (unpaired) electrons. The number of carbonyl (C=O) groups is 2. The first-order chi connectivity index (χ1) is 16.0. The SMILES string of the molecule is CN(C)C(=O)c1ccc(NC(=O)CNC(c2ccccc2)c2cccc3ccccc23)cc1. The Morgan fingerprint density at radius 1 is 0.788 bits per heavy atom. The fraction of sp³-hybridized carbons (Fsp3) is 0.143. The molecule has 0 aromatic heterocycles. The van der Waals surface area contributed by atoms with E-state index in [1.807, 2.05) is 36.4 Å². The molecule has 5 nitrogen and oxygen atoms in total. The maximum atomic E-state index is 12.7. The predicted octanol–water partition coefficient (Wildman–Crippen LogP) is 4.86. The molecule has 4 rings (SSSR count). The standard InChI is InChI=1S/C28H27N3O2/c1-31(2)28(33)22-15-17-23(18-16-22)30-26(32)19-29-27(21-10-4-3-5-11-21)25-14-8-12-20-9-6-7-13-24(20)25/h3-18,27,29H,19H2,1-2H3,(H,30,32). The number of carbonyl (C=O) groups excluding carboxylic acids is 2. The summed E-state index contributed by atoms with van der Waals surface area (Å²) in [5.74, 6) is -0.224. The van der Waals surface area contributed by atoms with Crippen LogP contribution < -0.4 is 10.6 Å². The van der Waals surface area contributed by atoms with Crippen molar-refractivity contribution in [2.75, 3.05) is 26.0 Å². The minimum atomic E-state index is -0.150. The highest BCUT2D eigenvalue weighted by molar-refractivity contribution is 5.96. The van der Waals surface area contributed by atoms with Crippen molar-refractivity contribution >= 4 is 28.3 Å². The number of hydrogen-bond donors (Lipinski definition) is 2. The summed E-state index contributed by atoms with van der Waals surface area (Å²) >= 11 is 0. The molecule has 0 spiro atoms. The Morgan fingerprint density at radius 3 is 2.18 bits per heavy atom. The van der Waals surface area contributed by atoms with Crippen LogP contribution in [-0.2, 0) is 4.79 Å². The van der Waals surface area contributed by atoms with Crippen LogP contribution in [0, 0.1) is 0 Å². The zero-order valence-electron chi connectivity index (χ0n) is 18.8. The van der Waals surface area contributed by atoms with Gasteiger partial charge in [0, 0.05) is 25.3 Å². The molecule has 0 aliphatic carbocycles. The van der Waals surface area contributed by atoms with E-state index in [0.717, 1.165) is 21.9 Å². The van der Waals surface area contributed by atoms with Crippen LogP contribution in [0.1, 0.15) is 27.5 Å². The average molecular weight is 438 g/mol. The van der Waals surface area contributed by atoms with Crippen LogP contribution in [0.4, 0.5) is 5.69 Å². The summed E-state index contributed by atoms with van der Waals surface area (Å²) in [6.07, 6.45) is 0. The molecular weight excluding hydrogens is 410 g/mol. The van der Waals surface area contributed by atoms with Gasteiger partial charge in [-0.15, -0.1) is 0 Å². The molecule has 0 saturated heterocycles. The third-order valence-electron chi connectivity index (χ3n) is 5.56. The number of hydrogen-bond acceptors (Lipinski definition) is 3. The van der Waals surface area contributed by atoms with Crippen LogP contribution in [0.3, 0.4) is 0 Å². The van der Waals surface area contributed by atoms with Gasteiger partial charge in [0.05, 0.1) is 12.6 Å². The van der Waals surface area contributed by atoms with Gasteiger partial charge in [0.1, 0.15) is 0 Å². The molecule has 5 heteroatoms. The van der Waals surface area contributed by atoms with Crippen molar-refractivity contribution in [1.82, 2.24) is 10.2 Å². The number of anilines is 1. The lowest BCUT2D eigenvalue weighted by Crippen LogP contribution is -2.32. The topological polar surface area (TPSA) is 61.4 Å². The third-order valence-corrected chi connectivity index (χ3v) is 5.56. The second-order valence-electron chi connectivity index (χ2n) is 8.12. The van der Waals surface area contributed by atoms with Gasteiger partial charge >= 0.3 is 0 Å². The first kappa shape index (κ1) is 22.2. The van der Waals surface area contributed by atoms with Gasteiger partial charge in [-0.05, 0) is 46.2 Å². The summed E-state index contributed by atoms with van der Waals surface area (Å²) in [5.41, 5.74) is 3.45. The summed E-state index contributed by atoms with van der Waals surface area (Å²) in [5, 5.41) is 8.66. The summed E-state index contributed by atoms with van der Waals surface area (Å²) < 4.78 is 0. The molecule has 0 fully saturated rings. The third kappa shape index (κ3) is 5.27. The van der Waals surface area contributed by atoms with Gasteiger partial charge in [-0.2, -0.15) is 0 Å². The van der Waals surface area contributed by atoms with Crippen LogP contribution in [-0.4, -0.2) is 37.4 Å². The smallest absolute Gasteiger partial charge is 0.253 e. The molecule has 0 aliphatic rings. The summed E-state index contributed by atoms with van der Waals surface area (Å²) in [6, 6.07) is 31.4. The largest absolute Gasteiger partial charge is 0.345 e. The highest BCUT2D eigenvalue weighted by Crippen LogP contribution is 2.29. The van der Waals surface area contributed by atoms with Crippen molar-refractivity contribution in [2.45, 2.75) is 6.04 Å². The highest BCUT2D eigenvalue weighted by atomic mass is 16.2. The van der Waals surface area contributed by atoms with Crippen molar-refractivity contribution in [1.29, 1.82) is 0 Å². The van der Waals surface area contributed by atoms with E-state index in [4.69, 9.17) is 0 Å². The number of rotatable bonds is 7. The van der Waals surface area contributed by atoms with Crippen LogP contribution in [0.5, 0.6) is 0 Å². The lowest BCUT2D eigenvalue weighted by molar-refractivity contribution is -0.115. The van der Waals surface area contributed by atoms with Gasteiger partial charge in [-0.3, -0.25) is 14.9 Å². The average Bonchev–Trinajstić information content (AvgIpc) is 2.85. The number of amides is 2. The molecular formula is C28H27N3O2. The molecule has 0 bridgehead atoms. The molecule has 33 heavy (non-hydrogen) atoms. The zero-order valence-corrected chi connectivity index (χ0v) is 18.8. The Morgan fingerprint density at radius 2 is 1.45 bits per heavy atom. The van der Waals surface area contributed by atoms with Crippen LogP contribution in [0.2, 0.25) is 0 Å². The van der Waals surface area contributed by atoms with Crippen molar-refractivity contribution in [3.05, 3.63) is 114 Å². The molecule has 4 aromatic rings. The number of benzene rings is 4. The van der Waals surface area contributed by atoms with Crippen molar-refractivity contribution in [3.63, 3.8) is 0 Å². The Labute approximate surface area is 194 Å². The van der Waals surface area contributed by atoms with Crippen LogP contribution in [0.25, 0.3) is 10.8 Å². The molecule has 0 saturated carbocycles. The Hall–Kier alpha value is -3.96. The Bertz CT molecular complexity index is 1250. The van der Waals surface area contributed by atoms with E-state index in [-0.39, 0.29) is 24.4 Å². The molecule has 1 atom stereocenters. The van der Waals surface area contributed by atoms with Crippen molar-refractivity contribution < 1.29 is 9.59 Å². The number of nitrogens with one attached hydrogen (secondary N) is 2. The van der Waals surface area contributed by atoms with Crippen LogP contribution >= 0.6 is 0 Å². The maximum Gasteiger partial charge on any atom is 0.253 e. The number of fused-ring (bicyclic) bond motifs is 1. The van der Waals surface area contributed by atoms with Crippen molar-refractivity contribution in [3.8, 4) is 0 Å². The normalized spacial score (nSPS) is 11.7. The van der Waals surface area contributed by atoms with E-state index in [9.17, 15) is 9.59 Å². The molecule has 2 N–H and O–H groups in total. The zero-order chi connectivity index (χ0) is 23.2. The fourth-order valence-corrected chi connectivity index (χ4v) is 3.91. The molecule has 4 aromatic carbocycles. The number of nitrogens with zero attached hydrogens (tertiary/aromatic N) is 1. The van der Waals surface area contributed by atoms with E-state index in [0.29, 0.717) is 11.3 Å². The highest BCUT2D eigenvalue weighted by Gasteiger charge is 2.17. The van der Waals surface area contributed by atoms with Gasteiger partial charge in [-0.25, -0.2) is 0 Å². The van der Waals surface area contributed by atoms with E-state index < -0.39 is 0 Å². The molecule has 1 unspecified atom stereocenters. The van der Waals surface area contributed by atoms with E-state index in [1.54, 1.807) is 38.4 Å². The molecule has 2 amide bonds. The van der Waals surface area contributed by atoms with Crippen LogP contribution in [0.15, 0.2) is 97.1 Å². The maximum absolute atomic E-state index is 12.7. The first-order valence-corrected chi connectivity index (χ1v) is 10.9. The fourth-order valence-electron chi connectivity index (χ4n) is 3.91. The predicted molar refractivity (Wildman–Crippen MR) is 133 cm³/mol. The molecule has 0 heterocycles.